The van der Waals surface area contributed by atoms with Crippen molar-refractivity contribution in [3.63, 3.8) is 0 Å². The summed E-state index contributed by atoms with van der Waals surface area (Å²) in [5.41, 5.74) is 0.414. The lowest BCUT2D eigenvalue weighted by molar-refractivity contribution is -0.137. The zero-order valence-corrected chi connectivity index (χ0v) is 10.0. The summed E-state index contributed by atoms with van der Waals surface area (Å²) in [5.74, 6) is 0.231. The Morgan fingerprint density at radius 3 is 1.69 bits per heavy atom. The summed E-state index contributed by atoms with van der Waals surface area (Å²) < 4.78 is 37.1. The van der Waals surface area contributed by atoms with Gasteiger partial charge >= 0.3 is 6.18 Å². The van der Waals surface area contributed by atoms with E-state index in [4.69, 9.17) is 0 Å². The van der Waals surface area contributed by atoms with Crippen LogP contribution in [-0.4, -0.2) is 0 Å². The Balaban J connectivity index is 2.96. The van der Waals surface area contributed by atoms with Gasteiger partial charge in [0.25, 0.3) is 0 Å². The Labute approximate surface area is 94.5 Å². The highest BCUT2D eigenvalue weighted by atomic mass is 19.4. The Morgan fingerprint density at radius 1 is 0.938 bits per heavy atom. The molecule has 0 aliphatic rings. The van der Waals surface area contributed by atoms with Crippen LogP contribution in [0.4, 0.5) is 13.2 Å². The summed E-state index contributed by atoms with van der Waals surface area (Å²) in [5, 5.41) is 0. The summed E-state index contributed by atoms with van der Waals surface area (Å²) in [4.78, 5) is 0. The molecule has 0 aliphatic carbocycles. The quantitative estimate of drug-likeness (QED) is 0.646. The molecule has 1 aromatic carbocycles. The van der Waals surface area contributed by atoms with Gasteiger partial charge in [0.1, 0.15) is 0 Å². The molecule has 1 unspecified atom stereocenters. The van der Waals surface area contributed by atoms with Crippen molar-refractivity contribution in [3.05, 3.63) is 35.4 Å². The van der Waals surface area contributed by atoms with Crippen LogP contribution in [0.3, 0.4) is 0 Å². The number of rotatable bonds is 1. The Bertz CT molecular complexity index is 341. The van der Waals surface area contributed by atoms with Crippen LogP contribution in [0.5, 0.6) is 0 Å². The zero-order chi connectivity index (χ0) is 12.6. The monoisotopic (exact) mass is 230 g/mol. The van der Waals surface area contributed by atoms with Crippen molar-refractivity contribution in [1.29, 1.82) is 0 Å². The first-order valence-corrected chi connectivity index (χ1v) is 5.29. The van der Waals surface area contributed by atoms with Gasteiger partial charge in [-0.1, -0.05) is 39.8 Å². The SMILES string of the molecule is CC(c1ccc(C(F)(F)F)cc1)C(C)(C)C. The molecule has 0 N–H and O–H groups in total. The zero-order valence-electron chi connectivity index (χ0n) is 10.0. The summed E-state index contributed by atoms with van der Waals surface area (Å²) >= 11 is 0. The number of alkyl halides is 3. The van der Waals surface area contributed by atoms with Crippen molar-refractivity contribution >= 4 is 0 Å². The van der Waals surface area contributed by atoms with Crippen molar-refractivity contribution in [3.8, 4) is 0 Å². The van der Waals surface area contributed by atoms with Crippen molar-refractivity contribution in [2.24, 2.45) is 5.41 Å². The topological polar surface area (TPSA) is 0 Å². The van der Waals surface area contributed by atoms with E-state index in [0.29, 0.717) is 0 Å². The van der Waals surface area contributed by atoms with Crippen LogP contribution in [0.15, 0.2) is 24.3 Å². The number of hydrogen-bond acceptors (Lipinski definition) is 0. The average molecular weight is 230 g/mol. The third-order valence-corrected chi connectivity index (χ3v) is 3.04. The number of hydrogen-bond donors (Lipinski definition) is 0. The average Bonchev–Trinajstić information content (AvgIpc) is 2.14. The maximum atomic E-state index is 12.4. The third kappa shape index (κ3) is 3.00. The van der Waals surface area contributed by atoms with Gasteiger partial charge < -0.3 is 0 Å². The standard InChI is InChI=1S/C13H17F3/c1-9(12(2,3)4)10-5-7-11(8-6-10)13(14,15)16/h5-9H,1-4H3. The van der Waals surface area contributed by atoms with E-state index in [9.17, 15) is 13.2 Å². The minimum Gasteiger partial charge on any atom is -0.166 e. The van der Waals surface area contributed by atoms with Crippen molar-refractivity contribution in [2.75, 3.05) is 0 Å². The summed E-state index contributed by atoms with van der Waals surface area (Å²) in [6.45, 7) is 8.27. The lowest BCUT2D eigenvalue weighted by atomic mass is 9.78. The van der Waals surface area contributed by atoms with Gasteiger partial charge in [0.05, 0.1) is 5.56 Å². The largest absolute Gasteiger partial charge is 0.416 e. The lowest BCUT2D eigenvalue weighted by Gasteiger charge is -2.27. The fourth-order valence-corrected chi connectivity index (χ4v) is 1.46. The van der Waals surface area contributed by atoms with Crippen LogP contribution < -0.4 is 0 Å². The first-order chi connectivity index (χ1) is 7.12. The predicted octanol–water partition coefficient (Wildman–Crippen LogP) is 4.86. The van der Waals surface area contributed by atoms with Crippen LogP contribution in [0, 0.1) is 5.41 Å². The van der Waals surface area contributed by atoms with Crippen LogP contribution in [-0.2, 0) is 6.18 Å². The van der Waals surface area contributed by atoms with E-state index in [1.807, 2.05) is 6.92 Å². The highest BCUT2D eigenvalue weighted by Gasteiger charge is 2.30. The predicted molar refractivity (Wildman–Crippen MR) is 59.3 cm³/mol. The fourth-order valence-electron chi connectivity index (χ4n) is 1.46. The van der Waals surface area contributed by atoms with Gasteiger partial charge in [-0.25, -0.2) is 0 Å². The van der Waals surface area contributed by atoms with Crippen molar-refractivity contribution < 1.29 is 13.2 Å². The van der Waals surface area contributed by atoms with E-state index in [2.05, 4.69) is 20.8 Å². The minimum atomic E-state index is -4.25. The molecule has 0 aliphatic heterocycles. The second-order valence-electron chi connectivity index (χ2n) is 5.21. The lowest BCUT2D eigenvalue weighted by Crippen LogP contribution is -2.15. The molecule has 16 heavy (non-hydrogen) atoms. The van der Waals surface area contributed by atoms with Gasteiger partial charge in [0.2, 0.25) is 0 Å². The van der Waals surface area contributed by atoms with Crippen LogP contribution in [0.2, 0.25) is 0 Å². The van der Waals surface area contributed by atoms with Crippen LogP contribution in [0.1, 0.15) is 44.7 Å². The molecule has 0 aromatic heterocycles. The Kier molecular flexibility index (Phi) is 3.36. The van der Waals surface area contributed by atoms with Gasteiger partial charge in [0, 0.05) is 0 Å². The molecule has 3 heteroatoms. The van der Waals surface area contributed by atoms with E-state index in [-0.39, 0.29) is 11.3 Å². The van der Waals surface area contributed by atoms with E-state index in [1.54, 1.807) is 12.1 Å². The molecule has 0 saturated heterocycles. The normalized spacial score (nSPS) is 14.9. The summed E-state index contributed by atoms with van der Waals surface area (Å²) in [6, 6.07) is 5.44. The van der Waals surface area contributed by atoms with E-state index >= 15 is 0 Å². The van der Waals surface area contributed by atoms with Gasteiger partial charge in [-0.2, -0.15) is 13.2 Å². The molecule has 1 atom stereocenters. The van der Waals surface area contributed by atoms with Gasteiger partial charge in [-0.05, 0) is 29.0 Å². The molecule has 0 amide bonds. The molecule has 0 nitrogen and oxygen atoms in total. The molecular weight excluding hydrogens is 213 g/mol. The highest BCUT2D eigenvalue weighted by Crippen LogP contribution is 2.36. The Hall–Kier alpha value is -0.990. The van der Waals surface area contributed by atoms with E-state index in [1.165, 1.54) is 0 Å². The third-order valence-electron chi connectivity index (χ3n) is 3.04. The Morgan fingerprint density at radius 2 is 1.38 bits per heavy atom. The molecule has 0 heterocycles. The maximum Gasteiger partial charge on any atom is 0.416 e. The van der Waals surface area contributed by atoms with Crippen molar-refractivity contribution in [1.82, 2.24) is 0 Å². The smallest absolute Gasteiger partial charge is 0.166 e. The van der Waals surface area contributed by atoms with Gasteiger partial charge in [-0.3, -0.25) is 0 Å². The maximum absolute atomic E-state index is 12.4. The van der Waals surface area contributed by atoms with Gasteiger partial charge in [-0.15, -0.1) is 0 Å². The molecule has 0 saturated carbocycles. The van der Waals surface area contributed by atoms with E-state index in [0.717, 1.165) is 17.7 Å². The molecule has 1 aromatic rings. The fraction of sp³-hybridized carbons (Fsp3) is 0.538. The molecule has 0 fully saturated rings. The summed E-state index contributed by atoms with van der Waals surface area (Å²) in [7, 11) is 0. The molecule has 0 radical (unpaired) electrons. The second-order valence-corrected chi connectivity index (χ2v) is 5.21. The summed E-state index contributed by atoms with van der Waals surface area (Å²) in [6.07, 6.45) is -4.25. The van der Waals surface area contributed by atoms with E-state index < -0.39 is 11.7 Å². The number of benzene rings is 1. The first-order valence-electron chi connectivity index (χ1n) is 5.29. The molecular formula is C13H17F3. The minimum absolute atomic E-state index is 0.0553. The van der Waals surface area contributed by atoms with Crippen LogP contribution in [0.25, 0.3) is 0 Å². The first kappa shape index (κ1) is 13.1. The second kappa shape index (κ2) is 4.11. The molecule has 0 bridgehead atoms. The molecule has 1 rings (SSSR count). The van der Waals surface area contributed by atoms with Gasteiger partial charge in [0.15, 0.2) is 0 Å². The number of halogens is 3. The van der Waals surface area contributed by atoms with Crippen molar-refractivity contribution in [2.45, 2.75) is 39.8 Å². The van der Waals surface area contributed by atoms with Crippen LogP contribution >= 0.6 is 0 Å². The highest BCUT2D eigenvalue weighted by molar-refractivity contribution is 5.27. The molecule has 90 valence electrons. The molecule has 0 spiro atoms.